The van der Waals surface area contributed by atoms with Gasteiger partial charge in [-0.3, -0.25) is 9.69 Å². The lowest BCUT2D eigenvalue weighted by Crippen LogP contribution is -2.25. The summed E-state index contributed by atoms with van der Waals surface area (Å²) in [6, 6.07) is 25.2. The number of amides is 1. The molecule has 0 aliphatic carbocycles. The molecular formula is C22H18N2O2. The number of carbonyl (C=O) groups excluding carboxylic acids is 1. The van der Waals surface area contributed by atoms with E-state index in [4.69, 9.17) is 4.84 Å². The van der Waals surface area contributed by atoms with E-state index in [2.05, 4.69) is 5.16 Å². The van der Waals surface area contributed by atoms with Gasteiger partial charge in [-0.2, -0.15) is 0 Å². The SMILES string of the molecule is Cc1ccc(CO/N=C2\C(=O)N(c3ccccc3)c3ccccc32)cc1. The van der Waals surface area contributed by atoms with Gasteiger partial charge in [-0.05, 0) is 30.7 Å². The van der Waals surface area contributed by atoms with Crippen molar-refractivity contribution in [2.24, 2.45) is 5.16 Å². The van der Waals surface area contributed by atoms with Gasteiger partial charge < -0.3 is 4.84 Å². The van der Waals surface area contributed by atoms with Crippen molar-refractivity contribution >= 4 is 23.0 Å². The lowest BCUT2D eigenvalue weighted by Gasteiger charge is -2.16. The summed E-state index contributed by atoms with van der Waals surface area (Å²) in [6.07, 6.45) is 0. The number of hydrogen-bond acceptors (Lipinski definition) is 3. The zero-order chi connectivity index (χ0) is 17.9. The van der Waals surface area contributed by atoms with E-state index in [1.54, 1.807) is 4.90 Å². The molecule has 3 aromatic carbocycles. The minimum atomic E-state index is -0.179. The van der Waals surface area contributed by atoms with Crippen LogP contribution < -0.4 is 4.90 Å². The summed E-state index contributed by atoms with van der Waals surface area (Å²) in [7, 11) is 0. The number of oxime groups is 1. The Hall–Kier alpha value is -3.40. The largest absolute Gasteiger partial charge is 0.390 e. The first-order valence-corrected chi connectivity index (χ1v) is 8.48. The second-order valence-corrected chi connectivity index (χ2v) is 6.19. The maximum Gasteiger partial charge on any atom is 0.285 e. The van der Waals surface area contributed by atoms with Gasteiger partial charge in [-0.1, -0.05) is 71.4 Å². The van der Waals surface area contributed by atoms with E-state index in [0.717, 1.165) is 22.5 Å². The predicted octanol–water partition coefficient (Wildman–Crippen LogP) is 4.59. The van der Waals surface area contributed by atoms with Gasteiger partial charge in [-0.25, -0.2) is 0 Å². The maximum atomic E-state index is 13.0. The topological polar surface area (TPSA) is 41.9 Å². The molecule has 1 amide bonds. The summed E-state index contributed by atoms with van der Waals surface area (Å²) in [5.74, 6) is -0.179. The molecule has 0 bridgehead atoms. The highest BCUT2D eigenvalue weighted by atomic mass is 16.6. The van der Waals surface area contributed by atoms with Crippen LogP contribution in [0.2, 0.25) is 0 Å². The normalized spacial score (nSPS) is 14.6. The van der Waals surface area contributed by atoms with Crippen LogP contribution in [0.5, 0.6) is 0 Å². The molecule has 0 atom stereocenters. The minimum absolute atomic E-state index is 0.179. The third kappa shape index (κ3) is 2.97. The van der Waals surface area contributed by atoms with Crippen LogP contribution in [0.25, 0.3) is 0 Å². The van der Waals surface area contributed by atoms with E-state index in [9.17, 15) is 4.79 Å². The third-order valence-corrected chi connectivity index (χ3v) is 4.33. The predicted molar refractivity (Wildman–Crippen MR) is 103 cm³/mol. The number of carbonyl (C=O) groups is 1. The Morgan fingerprint density at radius 3 is 2.35 bits per heavy atom. The van der Waals surface area contributed by atoms with Crippen molar-refractivity contribution in [3.8, 4) is 0 Å². The van der Waals surface area contributed by atoms with Crippen LogP contribution in [-0.2, 0) is 16.2 Å². The van der Waals surface area contributed by atoms with E-state index >= 15 is 0 Å². The lowest BCUT2D eigenvalue weighted by molar-refractivity contribution is -0.111. The first kappa shape index (κ1) is 16.1. The molecule has 0 fully saturated rings. The molecule has 0 N–H and O–H groups in total. The van der Waals surface area contributed by atoms with Crippen LogP contribution in [0.4, 0.5) is 11.4 Å². The molecule has 3 aromatic rings. The minimum Gasteiger partial charge on any atom is -0.390 e. The van der Waals surface area contributed by atoms with E-state index in [0.29, 0.717) is 12.3 Å². The highest BCUT2D eigenvalue weighted by Gasteiger charge is 2.35. The van der Waals surface area contributed by atoms with E-state index in [1.165, 1.54) is 5.56 Å². The summed E-state index contributed by atoms with van der Waals surface area (Å²) in [5, 5.41) is 4.16. The van der Waals surface area contributed by atoms with Crippen molar-refractivity contribution in [3.63, 3.8) is 0 Å². The van der Waals surface area contributed by atoms with Gasteiger partial charge in [0.05, 0.1) is 5.69 Å². The van der Waals surface area contributed by atoms with Crippen LogP contribution in [0.3, 0.4) is 0 Å². The molecular weight excluding hydrogens is 324 g/mol. The molecule has 4 rings (SSSR count). The van der Waals surface area contributed by atoms with Crippen molar-refractivity contribution in [3.05, 3.63) is 95.6 Å². The number of anilines is 2. The summed E-state index contributed by atoms with van der Waals surface area (Å²) in [4.78, 5) is 20.1. The van der Waals surface area contributed by atoms with Crippen LogP contribution in [0.1, 0.15) is 16.7 Å². The van der Waals surface area contributed by atoms with Gasteiger partial charge in [0, 0.05) is 11.3 Å². The van der Waals surface area contributed by atoms with Crippen LogP contribution in [-0.4, -0.2) is 11.6 Å². The Labute approximate surface area is 152 Å². The molecule has 1 heterocycles. The summed E-state index contributed by atoms with van der Waals surface area (Å²) < 4.78 is 0. The van der Waals surface area contributed by atoms with Gasteiger partial charge in [-0.15, -0.1) is 0 Å². The fourth-order valence-electron chi connectivity index (χ4n) is 2.98. The number of nitrogens with zero attached hydrogens (tertiary/aromatic N) is 2. The zero-order valence-electron chi connectivity index (χ0n) is 14.4. The number of fused-ring (bicyclic) bond motifs is 1. The second-order valence-electron chi connectivity index (χ2n) is 6.19. The summed E-state index contributed by atoms with van der Waals surface area (Å²) >= 11 is 0. The van der Waals surface area contributed by atoms with Crippen LogP contribution in [0, 0.1) is 6.92 Å². The van der Waals surface area contributed by atoms with E-state index in [-0.39, 0.29) is 5.91 Å². The number of benzene rings is 3. The molecule has 0 saturated heterocycles. The van der Waals surface area contributed by atoms with Crippen molar-refractivity contribution in [2.75, 3.05) is 4.90 Å². The fourth-order valence-corrected chi connectivity index (χ4v) is 2.98. The maximum absolute atomic E-state index is 13.0. The Balaban J connectivity index is 1.62. The monoisotopic (exact) mass is 342 g/mol. The average Bonchev–Trinajstić information content (AvgIpc) is 2.96. The average molecular weight is 342 g/mol. The van der Waals surface area contributed by atoms with Crippen molar-refractivity contribution in [1.82, 2.24) is 0 Å². The Morgan fingerprint density at radius 1 is 0.885 bits per heavy atom. The molecule has 4 nitrogen and oxygen atoms in total. The molecule has 0 aromatic heterocycles. The smallest absolute Gasteiger partial charge is 0.285 e. The van der Waals surface area contributed by atoms with Crippen LogP contribution in [0.15, 0.2) is 84.0 Å². The number of rotatable bonds is 4. The summed E-state index contributed by atoms with van der Waals surface area (Å²) in [5.41, 5.74) is 4.95. The van der Waals surface area contributed by atoms with Gasteiger partial charge in [0.1, 0.15) is 6.61 Å². The quantitative estimate of drug-likeness (QED) is 0.651. The Bertz CT molecular complexity index is 963. The molecule has 4 heteroatoms. The van der Waals surface area contributed by atoms with Crippen molar-refractivity contribution < 1.29 is 9.63 Å². The molecule has 0 saturated carbocycles. The number of hydrogen-bond donors (Lipinski definition) is 0. The Kier molecular flexibility index (Phi) is 4.23. The fraction of sp³-hybridized carbons (Fsp3) is 0.0909. The van der Waals surface area contributed by atoms with E-state index in [1.807, 2.05) is 85.8 Å². The van der Waals surface area contributed by atoms with Gasteiger partial charge in [0.25, 0.3) is 5.91 Å². The first-order chi connectivity index (χ1) is 12.7. The second kappa shape index (κ2) is 6.84. The van der Waals surface area contributed by atoms with Crippen molar-refractivity contribution in [1.29, 1.82) is 0 Å². The molecule has 0 spiro atoms. The highest BCUT2D eigenvalue weighted by molar-refractivity contribution is 6.55. The Morgan fingerprint density at radius 2 is 1.58 bits per heavy atom. The number of aryl methyl sites for hydroxylation is 1. The molecule has 0 unspecified atom stereocenters. The zero-order valence-corrected chi connectivity index (χ0v) is 14.4. The van der Waals surface area contributed by atoms with Gasteiger partial charge in [0.2, 0.25) is 0 Å². The van der Waals surface area contributed by atoms with Gasteiger partial charge in [0.15, 0.2) is 5.71 Å². The highest BCUT2D eigenvalue weighted by Crippen LogP contribution is 2.35. The van der Waals surface area contributed by atoms with E-state index < -0.39 is 0 Å². The molecule has 1 aliphatic heterocycles. The molecule has 128 valence electrons. The van der Waals surface area contributed by atoms with Gasteiger partial charge >= 0.3 is 0 Å². The first-order valence-electron chi connectivity index (χ1n) is 8.48. The lowest BCUT2D eigenvalue weighted by atomic mass is 10.1. The third-order valence-electron chi connectivity index (χ3n) is 4.33. The number of para-hydroxylation sites is 2. The van der Waals surface area contributed by atoms with Crippen LogP contribution >= 0.6 is 0 Å². The summed E-state index contributed by atoms with van der Waals surface area (Å²) in [6.45, 7) is 2.36. The molecule has 26 heavy (non-hydrogen) atoms. The molecule has 0 radical (unpaired) electrons. The standard InChI is InChI=1S/C22H18N2O2/c1-16-11-13-17(14-12-16)15-26-23-21-19-9-5-6-10-20(19)24(22(21)25)18-7-3-2-4-8-18/h2-14H,15H2,1H3/b23-21-. The van der Waals surface area contributed by atoms with Crippen molar-refractivity contribution in [2.45, 2.75) is 13.5 Å². The molecule has 1 aliphatic rings.